The van der Waals surface area contributed by atoms with E-state index in [-0.39, 0.29) is 12.1 Å². The van der Waals surface area contributed by atoms with Crippen LogP contribution in [0.3, 0.4) is 0 Å². The molecule has 1 aliphatic rings. The monoisotopic (exact) mass is 369 g/mol. The summed E-state index contributed by atoms with van der Waals surface area (Å²) in [7, 11) is 1.41. The number of hydrogen-bond acceptors (Lipinski definition) is 5. The van der Waals surface area contributed by atoms with Crippen LogP contribution >= 0.6 is 0 Å². The Morgan fingerprint density at radius 2 is 1.85 bits per heavy atom. The number of rotatable bonds is 8. The Hall–Kier alpha value is -2.40. The summed E-state index contributed by atoms with van der Waals surface area (Å²) in [4.78, 5) is 17.5. The van der Waals surface area contributed by atoms with Gasteiger partial charge in [-0.15, -0.1) is 0 Å². The van der Waals surface area contributed by atoms with Gasteiger partial charge in [0.15, 0.2) is 0 Å². The van der Waals surface area contributed by atoms with E-state index < -0.39 is 10.8 Å². The zero-order chi connectivity index (χ0) is 19.5. The molecule has 1 saturated carbocycles. The van der Waals surface area contributed by atoms with Crippen molar-refractivity contribution < 1.29 is 19.0 Å². The number of esters is 1. The Balaban J connectivity index is 1.92. The average molecular weight is 369 g/mol. The zero-order valence-electron chi connectivity index (χ0n) is 16.4. The average Bonchev–Trinajstić information content (AvgIpc) is 3.18. The number of para-hydroxylation sites is 1. The third-order valence-electron chi connectivity index (χ3n) is 5.36. The summed E-state index contributed by atoms with van der Waals surface area (Å²) in [6.45, 7) is 6.77. The number of carbonyl (C=O) groups excluding carboxylic acids is 1. The van der Waals surface area contributed by atoms with Gasteiger partial charge in [-0.25, -0.2) is 4.98 Å². The predicted octanol–water partition coefficient (Wildman–Crippen LogP) is 4.51. The van der Waals surface area contributed by atoms with Gasteiger partial charge in [-0.05, 0) is 24.6 Å². The van der Waals surface area contributed by atoms with Gasteiger partial charge in [0.05, 0.1) is 18.9 Å². The molecule has 0 saturated heterocycles. The normalized spacial score (nSPS) is 22.9. The number of pyridine rings is 1. The van der Waals surface area contributed by atoms with Crippen LogP contribution in [-0.2, 0) is 19.7 Å². The van der Waals surface area contributed by atoms with E-state index in [2.05, 4.69) is 11.9 Å². The maximum Gasteiger partial charge on any atom is 0.321 e. The molecule has 0 radical (unpaired) electrons. The Bertz CT molecular complexity index is 790. The lowest BCUT2D eigenvalue weighted by Crippen LogP contribution is -2.30. The lowest BCUT2D eigenvalue weighted by molar-refractivity contribution is -0.145. The fourth-order valence-corrected chi connectivity index (χ4v) is 3.80. The lowest BCUT2D eigenvalue weighted by atomic mass is 9.91. The smallest absolute Gasteiger partial charge is 0.321 e. The van der Waals surface area contributed by atoms with Gasteiger partial charge in [0.25, 0.3) is 0 Å². The third kappa shape index (κ3) is 3.32. The fraction of sp³-hybridized carbons (Fsp3) is 0.455. The maximum atomic E-state index is 12.8. The quantitative estimate of drug-likeness (QED) is 0.506. The largest absolute Gasteiger partial charge is 0.468 e. The third-order valence-corrected chi connectivity index (χ3v) is 5.36. The van der Waals surface area contributed by atoms with Gasteiger partial charge >= 0.3 is 5.97 Å². The van der Waals surface area contributed by atoms with Crippen molar-refractivity contribution in [3.8, 4) is 11.6 Å². The van der Waals surface area contributed by atoms with Crippen molar-refractivity contribution in [2.75, 3.05) is 13.7 Å². The van der Waals surface area contributed by atoms with Crippen molar-refractivity contribution in [3.05, 3.63) is 54.2 Å². The van der Waals surface area contributed by atoms with E-state index in [4.69, 9.17) is 14.2 Å². The second-order valence-electron chi connectivity index (χ2n) is 7.40. The van der Waals surface area contributed by atoms with Crippen molar-refractivity contribution in [3.63, 3.8) is 0 Å². The Kier molecular flexibility index (Phi) is 5.51. The van der Waals surface area contributed by atoms with E-state index in [1.807, 2.05) is 56.3 Å². The van der Waals surface area contributed by atoms with Crippen LogP contribution in [-0.4, -0.2) is 30.8 Å². The fourth-order valence-electron chi connectivity index (χ4n) is 3.80. The number of benzene rings is 1. The Morgan fingerprint density at radius 1 is 1.11 bits per heavy atom. The molecule has 0 spiro atoms. The van der Waals surface area contributed by atoms with E-state index in [1.54, 1.807) is 6.07 Å². The molecule has 1 aliphatic carbocycles. The summed E-state index contributed by atoms with van der Waals surface area (Å²) in [5, 5.41) is 0. The van der Waals surface area contributed by atoms with Crippen LogP contribution in [0.15, 0.2) is 48.5 Å². The zero-order valence-corrected chi connectivity index (χ0v) is 16.4. The van der Waals surface area contributed by atoms with Gasteiger partial charge in [-0.3, -0.25) is 4.79 Å². The minimum atomic E-state index is -0.925. The maximum absolute atomic E-state index is 12.8. The van der Waals surface area contributed by atoms with Crippen LogP contribution < -0.4 is 4.74 Å². The van der Waals surface area contributed by atoms with E-state index in [0.717, 1.165) is 12.8 Å². The van der Waals surface area contributed by atoms with Gasteiger partial charge in [-0.2, -0.15) is 0 Å². The molecule has 5 heteroatoms. The first-order valence-electron chi connectivity index (χ1n) is 9.39. The first-order chi connectivity index (χ1) is 13.0. The summed E-state index contributed by atoms with van der Waals surface area (Å²) >= 11 is 0. The topological polar surface area (TPSA) is 57.7 Å². The van der Waals surface area contributed by atoms with Crippen LogP contribution in [0.1, 0.15) is 39.3 Å². The number of aromatic nitrogens is 1. The van der Waals surface area contributed by atoms with E-state index in [1.165, 1.54) is 7.11 Å². The molecule has 3 rings (SSSR count). The van der Waals surface area contributed by atoms with Crippen LogP contribution in [0, 0.1) is 5.41 Å². The van der Waals surface area contributed by atoms with Gasteiger partial charge in [-0.1, -0.05) is 51.5 Å². The molecule has 0 aliphatic heterocycles. The van der Waals surface area contributed by atoms with Crippen LogP contribution in [0.25, 0.3) is 0 Å². The molecule has 0 N–H and O–H groups in total. The second-order valence-corrected chi connectivity index (χ2v) is 7.40. The van der Waals surface area contributed by atoms with Gasteiger partial charge in [0, 0.05) is 18.1 Å². The molecule has 2 atom stereocenters. The number of nitrogens with zero attached hydrogens (tertiary/aromatic N) is 1. The summed E-state index contributed by atoms with van der Waals surface area (Å²) in [5.74, 6) is 0.815. The molecule has 1 aromatic carbocycles. The highest BCUT2D eigenvalue weighted by Gasteiger charge is 2.79. The van der Waals surface area contributed by atoms with Crippen molar-refractivity contribution >= 4 is 5.97 Å². The van der Waals surface area contributed by atoms with Crippen molar-refractivity contribution in [1.29, 1.82) is 0 Å². The molecule has 27 heavy (non-hydrogen) atoms. The number of hydrogen-bond donors (Lipinski definition) is 0. The highest BCUT2D eigenvalue weighted by molar-refractivity contribution is 5.90. The standard InChI is InChI=1S/C22H27NO4/c1-5-6-15-26-19-21(2,3)22(19,20(24)25-4)17-13-10-14-18(23-17)27-16-11-8-7-9-12-16/h7-14,19H,5-6,15H2,1-4H3. The van der Waals surface area contributed by atoms with Crippen LogP contribution in [0.2, 0.25) is 0 Å². The van der Waals surface area contributed by atoms with E-state index >= 15 is 0 Å². The van der Waals surface area contributed by atoms with Crippen LogP contribution in [0.5, 0.6) is 11.6 Å². The predicted molar refractivity (Wildman–Crippen MR) is 103 cm³/mol. The minimum Gasteiger partial charge on any atom is -0.468 e. The van der Waals surface area contributed by atoms with Gasteiger partial charge in [0.2, 0.25) is 5.88 Å². The van der Waals surface area contributed by atoms with E-state index in [0.29, 0.717) is 23.9 Å². The van der Waals surface area contributed by atoms with Crippen molar-refractivity contribution in [1.82, 2.24) is 4.98 Å². The molecule has 1 heterocycles. The number of methoxy groups -OCH3 is 1. The first kappa shape index (κ1) is 19.4. The van der Waals surface area contributed by atoms with E-state index in [9.17, 15) is 4.79 Å². The summed E-state index contributed by atoms with van der Waals surface area (Å²) in [6.07, 6.45) is 1.72. The second kappa shape index (κ2) is 7.69. The van der Waals surface area contributed by atoms with Crippen molar-refractivity contribution in [2.45, 2.75) is 45.1 Å². The van der Waals surface area contributed by atoms with Crippen LogP contribution in [0.4, 0.5) is 0 Å². The number of ether oxygens (including phenoxy) is 3. The molecule has 0 bridgehead atoms. The summed E-state index contributed by atoms with van der Waals surface area (Å²) < 4.78 is 17.1. The lowest BCUT2D eigenvalue weighted by Gasteiger charge is -2.17. The van der Waals surface area contributed by atoms with Crippen molar-refractivity contribution in [2.24, 2.45) is 5.41 Å². The molecule has 5 nitrogen and oxygen atoms in total. The molecule has 1 fully saturated rings. The highest BCUT2D eigenvalue weighted by atomic mass is 16.5. The van der Waals surface area contributed by atoms with Gasteiger partial charge in [0.1, 0.15) is 11.2 Å². The highest BCUT2D eigenvalue weighted by Crippen LogP contribution is 2.66. The number of unbranched alkanes of at least 4 members (excludes halogenated alkanes) is 1. The minimum absolute atomic E-state index is 0.275. The summed E-state index contributed by atoms with van der Waals surface area (Å²) in [6, 6.07) is 14.9. The molecule has 1 aromatic heterocycles. The molecule has 2 aromatic rings. The Labute approximate surface area is 160 Å². The molecule has 144 valence electrons. The molecule has 0 amide bonds. The number of carbonyl (C=O) groups is 1. The molecular formula is C22H27NO4. The Morgan fingerprint density at radius 3 is 2.52 bits per heavy atom. The first-order valence-corrected chi connectivity index (χ1v) is 9.39. The molecule has 2 unspecified atom stereocenters. The SMILES string of the molecule is CCCCOC1C(C)(C)C1(C(=O)OC)c1cccc(Oc2ccccc2)n1. The molecular weight excluding hydrogens is 342 g/mol. The summed E-state index contributed by atoms with van der Waals surface area (Å²) in [5.41, 5.74) is -0.716. The van der Waals surface area contributed by atoms with Gasteiger partial charge < -0.3 is 14.2 Å².